The van der Waals surface area contributed by atoms with E-state index in [1.54, 1.807) is 0 Å². The fourth-order valence-electron chi connectivity index (χ4n) is 2.02. The average molecular weight is 264 g/mol. The Morgan fingerprint density at radius 3 is 2.63 bits per heavy atom. The van der Waals surface area contributed by atoms with Gasteiger partial charge in [0.05, 0.1) is 26.7 Å². The first-order chi connectivity index (χ1) is 9.29. The van der Waals surface area contributed by atoms with Gasteiger partial charge >= 0.3 is 5.97 Å². The van der Waals surface area contributed by atoms with E-state index in [-0.39, 0.29) is 5.97 Å². The number of rotatable bonds is 5. The van der Waals surface area contributed by atoms with Gasteiger partial charge in [0.15, 0.2) is 0 Å². The molecule has 1 aromatic carbocycles. The minimum absolute atomic E-state index is 0.197. The summed E-state index contributed by atoms with van der Waals surface area (Å²) in [7, 11) is 1.40. The Bertz CT molecular complexity index is 400. The van der Waals surface area contributed by atoms with E-state index in [0.29, 0.717) is 13.0 Å². The third-order valence-corrected chi connectivity index (χ3v) is 3.13. The van der Waals surface area contributed by atoms with Crippen LogP contribution in [-0.4, -0.2) is 45.9 Å². The molecule has 0 atom stereocenters. The first kappa shape index (κ1) is 13.7. The van der Waals surface area contributed by atoms with Gasteiger partial charge < -0.3 is 19.7 Å². The van der Waals surface area contributed by atoms with Crippen LogP contribution in [-0.2, 0) is 14.3 Å². The molecule has 1 heterocycles. The van der Waals surface area contributed by atoms with Crippen LogP contribution in [0.3, 0.4) is 0 Å². The Balaban J connectivity index is 1.82. The third kappa shape index (κ3) is 4.13. The second-order valence-electron chi connectivity index (χ2n) is 4.40. The van der Waals surface area contributed by atoms with Gasteiger partial charge in [0, 0.05) is 31.0 Å². The van der Waals surface area contributed by atoms with Crippen LogP contribution < -0.4 is 10.2 Å². The number of anilines is 2. The molecule has 0 unspecified atom stereocenters. The molecule has 0 amide bonds. The Hall–Kier alpha value is -1.75. The molecule has 1 saturated heterocycles. The number of carbonyl (C=O) groups excluding carboxylic acids is 1. The molecule has 5 heteroatoms. The molecule has 0 aromatic heterocycles. The lowest BCUT2D eigenvalue weighted by molar-refractivity contribution is -0.140. The van der Waals surface area contributed by atoms with Crippen LogP contribution in [0.1, 0.15) is 6.42 Å². The molecular formula is C14H20N2O3. The van der Waals surface area contributed by atoms with Crippen LogP contribution in [0.25, 0.3) is 0 Å². The van der Waals surface area contributed by atoms with Crippen molar-refractivity contribution in [2.75, 3.05) is 50.2 Å². The minimum Gasteiger partial charge on any atom is -0.469 e. The average Bonchev–Trinajstić information content (AvgIpc) is 2.48. The van der Waals surface area contributed by atoms with Crippen LogP contribution in [0.15, 0.2) is 24.3 Å². The Kier molecular flexibility index (Phi) is 5.03. The molecule has 1 fully saturated rings. The normalized spacial score (nSPS) is 15.1. The van der Waals surface area contributed by atoms with Crippen molar-refractivity contribution < 1.29 is 14.3 Å². The molecule has 1 N–H and O–H groups in total. The van der Waals surface area contributed by atoms with E-state index in [9.17, 15) is 4.79 Å². The minimum atomic E-state index is -0.197. The monoisotopic (exact) mass is 264 g/mol. The number of esters is 1. The van der Waals surface area contributed by atoms with Gasteiger partial charge in [-0.05, 0) is 24.3 Å². The van der Waals surface area contributed by atoms with Crippen LogP contribution in [0.2, 0.25) is 0 Å². The Labute approximate surface area is 113 Å². The molecule has 1 aliphatic rings. The van der Waals surface area contributed by atoms with Gasteiger partial charge in [-0.15, -0.1) is 0 Å². The zero-order valence-corrected chi connectivity index (χ0v) is 11.2. The standard InChI is InChI=1S/C14H20N2O3/c1-18-14(17)6-7-15-12-2-4-13(5-3-12)16-8-10-19-11-9-16/h2-5,15H,6-11H2,1H3. The van der Waals surface area contributed by atoms with Gasteiger partial charge in [-0.2, -0.15) is 0 Å². The molecule has 0 saturated carbocycles. The molecule has 0 spiro atoms. The van der Waals surface area contributed by atoms with Gasteiger partial charge in [-0.1, -0.05) is 0 Å². The lowest BCUT2D eigenvalue weighted by Crippen LogP contribution is -2.36. The van der Waals surface area contributed by atoms with Crippen molar-refractivity contribution in [1.82, 2.24) is 0 Å². The van der Waals surface area contributed by atoms with E-state index in [0.717, 1.165) is 32.0 Å². The Morgan fingerprint density at radius 1 is 1.32 bits per heavy atom. The molecule has 1 aromatic rings. The van der Waals surface area contributed by atoms with Gasteiger partial charge in [-0.3, -0.25) is 4.79 Å². The van der Waals surface area contributed by atoms with E-state index in [1.807, 2.05) is 12.1 Å². The van der Waals surface area contributed by atoms with Crippen LogP contribution in [0.4, 0.5) is 11.4 Å². The van der Waals surface area contributed by atoms with Gasteiger partial charge in [0.2, 0.25) is 0 Å². The van der Waals surface area contributed by atoms with Crippen LogP contribution in [0.5, 0.6) is 0 Å². The molecular weight excluding hydrogens is 244 g/mol. The first-order valence-corrected chi connectivity index (χ1v) is 6.53. The van der Waals surface area contributed by atoms with Crippen LogP contribution in [0, 0.1) is 0 Å². The lowest BCUT2D eigenvalue weighted by atomic mass is 10.2. The molecule has 2 rings (SSSR count). The largest absolute Gasteiger partial charge is 0.469 e. The van der Waals surface area contributed by atoms with Crippen molar-refractivity contribution in [3.63, 3.8) is 0 Å². The van der Waals surface area contributed by atoms with Gasteiger partial charge in [0.1, 0.15) is 0 Å². The summed E-state index contributed by atoms with van der Waals surface area (Å²) in [6, 6.07) is 8.24. The second kappa shape index (κ2) is 6.99. The molecule has 0 radical (unpaired) electrons. The van der Waals surface area contributed by atoms with Crippen molar-refractivity contribution in [2.45, 2.75) is 6.42 Å². The van der Waals surface area contributed by atoms with E-state index in [1.165, 1.54) is 12.8 Å². The van der Waals surface area contributed by atoms with Crippen molar-refractivity contribution >= 4 is 17.3 Å². The number of methoxy groups -OCH3 is 1. The summed E-state index contributed by atoms with van der Waals surface area (Å²) in [6.45, 7) is 4.05. The number of nitrogens with one attached hydrogen (secondary N) is 1. The van der Waals surface area contributed by atoms with Crippen LogP contribution >= 0.6 is 0 Å². The maximum atomic E-state index is 11.0. The molecule has 1 aliphatic heterocycles. The molecule has 5 nitrogen and oxygen atoms in total. The third-order valence-electron chi connectivity index (χ3n) is 3.13. The fraction of sp³-hybridized carbons (Fsp3) is 0.500. The van der Waals surface area contributed by atoms with E-state index < -0.39 is 0 Å². The molecule has 104 valence electrons. The Morgan fingerprint density at radius 2 is 2.00 bits per heavy atom. The predicted octanol–water partition coefficient (Wildman–Crippen LogP) is 1.50. The zero-order chi connectivity index (χ0) is 13.5. The fourth-order valence-corrected chi connectivity index (χ4v) is 2.02. The van der Waals surface area contributed by atoms with Crippen molar-refractivity contribution in [3.05, 3.63) is 24.3 Å². The first-order valence-electron chi connectivity index (χ1n) is 6.53. The maximum absolute atomic E-state index is 11.0. The number of ether oxygens (including phenoxy) is 2. The number of hydrogen-bond acceptors (Lipinski definition) is 5. The van der Waals surface area contributed by atoms with Gasteiger partial charge in [-0.25, -0.2) is 0 Å². The number of carbonyl (C=O) groups is 1. The quantitative estimate of drug-likeness (QED) is 0.817. The number of nitrogens with zero attached hydrogens (tertiary/aromatic N) is 1. The predicted molar refractivity (Wildman–Crippen MR) is 74.6 cm³/mol. The SMILES string of the molecule is COC(=O)CCNc1ccc(N2CCOCC2)cc1. The number of morpholine rings is 1. The highest BCUT2D eigenvalue weighted by Crippen LogP contribution is 2.18. The smallest absolute Gasteiger partial charge is 0.307 e. The van der Waals surface area contributed by atoms with E-state index >= 15 is 0 Å². The summed E-state index contributed by atoms with van der Waals surface area (Å²) in [5, 5.41) is 3.20. The molecule has 0 aliphatic carbocycles. The maximum Gasteiger partial charge on any atom is 0.307 e. The highest BCUT2D eigenvalue weighted by Gasteiger charge is 2.10. The topological polar surface area (TPSA) is 50.8 Å². The molecule has 0 bridgehead atoms. The van der Waals surface area contributed by atoms with Gasteiger partial charge in [0.25, 0.3) is 0 Å². The summed E-state index contributed by atoms with van der Waals surface area (Å²) >= 11 is 0. The molecule has 19 heavy (non-hydrogen) atoms. The summed E-state index contributed by atoms with van der Waals surface area (Å²) in [6.07, 6.45) is 0.377. The van der Waals surface area contributed by atoms with E-state index in [4.69, 9.17) is 4.74 Å². The number of hydrogen-bond donors (Lipinski definition) is 1. The second-order valence-corrected chi connectivity index (χ2v) is 4.40. The van der Waals surface area contributed by atoms with E-state index in [2.05, 4.69) is 27.1 Å². The highest BCUT2D eigenvalue weighted by atomic mass is 16.5. The van der Waals surface area contributed by atoms with Crippen molar-refractivity contribution in [2.24, 2.45) is 0 Å². The zero-order valence-electron chi connectivity index (χ0n) is 11.2. The lowest BCUT2D eigenvalue weighted by Gasteiger charge is -2.28. The summed E-state index contributed by atoms with van der Waals surface area (Å²) in [5.74, 6) is -0.197. The summed E-state index contributed by atoms with van der Waals surface area (Å²) in [5.41, 5.74) is 2.22. The van der Waals surface area contributed by atoms with Crippen molar-refractivity contribution in [3.8, 4) is 0 Å². The summed E-state index contributed by atoms with van der Waals surface area (Å²) < 4.78 is 9.92. The number of benzene rings is 1. The van der Waals surface area contributed by atoms with Crippen molar-refractivity contribution in [1.29, 1.82) is 0 Å². The summed E-state index contributed by atoms with van der Waals surface area (Å²) in [4.78, 5) is 13.3. The highest BCUT2D eigenvalue weighted by molar-refractivity contribution is 5.70.